The molecule has 1 aromatic rings. The van der Waals surface area contributed by atoms with Crippen LogP contribution >= 0.6 is 22.3 Å². The summed E-state index contributed by atoms with van der Waals surface area (Å²) >= 11 is 5.75. The summed E-state index contributed by atoms with van der Waals surface area (Å²) in [6.07, 6.45) is 0. The normalized spacial score (nSPS) is 11.4. The van der Waals surface area contributed by atoms with E-state index in [0.717, 1.165) is 0 Å². The van der Waals surface area contributed by atoms with Gasteiger partial charge in [-0.1, -0.05) is 11.6 Å². The Balaban J connectivity index is 3.07. The van der Waals surface area contributed by atoms with Gasteiger partial charge in [-0.2, -0.15) is 0 Å². The number of ether oxygens (including phenoxy) is 1. The summed E-state index contributed by atoms with van der Waals surface area (Å²) in [5.74, 6) is 0.205. The predicted octanol–water partition coefficient (Wildman–Crippen LogP) is 2.81. The molecule has 0 aliphatic rings. The van der Waals surface area contributed by atoms with E-state index in [1.54, 1.807) is 12.1 Å². The molecular weight excluding hydrogens is 259 g/mol. The summed E-state index contributed by atoms with van der Waals surface area (Å²) in [7, 11) is 1.56. The lowest BCUT2D eigenvalue weighted by atomic mass is 10.2. The number of hydrogen-bond acceptors (Lipinski definition) is 3. The van der Waals surface area contributed by atoms with Crippen LogP contribution in [0.15, 0.2) is 18.2 Å². The van der Waals surface area contributed by atoms with Crippen LogP contribution in [0.5, 0.6) is 5.75 Å². The van der Waals surface area contributed by atoms with Crippen LogP contribution in [0.25, 0.3) is 0 Å². The molecule has 0 atom stereocenters. The molecule has 1 aromatic carbocycles. The van der Waals surface area contributed by atoms with Gasteiger partial charge in [-0.3, -0.25) is 0 Å². The molecule has 1 rings (SSSR count). The maximum absolute atomic E-state index is 10.9. The molecule has 6 heteroatoms. The SMILES string of the molecule is CCOc1ccc(Cl)cc1CS(=O)(=O)Cl. The summed E-state index contributed by atoms with van der Waals surface area (Å²) in [6.45, 7) is 2.27. The third-order valence-electron chi connectivity index (χ3n) is 1.65. The van der Waals surface area contributed by atoms with E-state index in [2.05, 4.69) is 0 Å². The fourth-order valence-corrected chi connectivity index (χ4v) is 2.29. The molecule has 0 aliphatic heterocycles. The van der Waals surface area contributed by atoms with Gasteiger partial charge in [0.05, 0.1) is 12.4 Å². The van der Waals surface area contributed by atoms with Crippen molar-refractivity contribution in [1.29, 1.82) is 0 Å². The molecule has 0 amide bonds. The van der Waals surface area contributed by atoms with Gasteiger partial charge in [0.2, 0.25) is 9.05 Å². The highest BCUT2D eigenvalue weighted by atomic mass is 35.7. The first-order valence-electron chi connectivity index (χ1n) is 4.26. The molecular formula is C9H10Cl2O3S. The highest BCUT2D eigenvalue weighted by Gasteiger charge is 2.12. The summed E-state index contributed by atoms with van der Waals surface area (Å²) < 4.78 is 27.1. The fraction of sp³-hybridized carbons (Fsp3) is 0.333. The topological polar surface area (TPSA) is 43.4 Å². The molecule has 0 saturated carbocycles. The Labute approximate surface area is 98.4 Å². The first-order valence-corrected chi connectivity index (χ1v) is 7.11. The van der Waals surface area contributed by atoms with Crippen LogP contribution < -0.4 is 4.74 Å². The molecule has 0 bridgehead atoms. The molecule has 0 heterocycles. The molecule has 0 aliphatic carbocycles. The molecule has 15 heavy (non-hydrogen) atoms. The fourth-order valence-electron chi connectivity index (χ4n) is 1.14. The van der Waals surface area contributed by atoms with Crippen LogP contribution in [-0.2, 0) is 14.8 Å². The van der Waals surface area contributed by atoms with Crippen LogP contribution in [0.3, 0.4) is 0 Å². The van der Waals surface area contributed by atoms with E-state index in [-0.39, 0.29) is 5.75 Å². The minimum absolute atomic E-state index is 0.287. The van der Waals surface area contributed by atoms with Crippen molar-refractivity contribution < 1.29 is 13.2 Å². The van der Waals surface area contributed by atoms with E-state index in [4.69, 9.17) is 27.0 Å². The third kappa shape index (κ3) is 4.28. The van der Waals surface area contributed by atoms with Gasteiger partial charge in [-0.15, -0.1) is 0 Å². The highest BCUT2D eigenvalue weighted by molar-refractivity contribution is 8.13. The quantitative estimate of drug-likeness (QED) is 0.789. The molecule has 84 valence electrons. The van der Waals surface area contributed by atoms with Crippen molar-refractivity contribution in [2.24, 2.45) is 0 Å². The number of rotatable bonds is 4. The maximum Gasteiger partial charge on any atom is 0.236 e. The van der Waals surface area contributed by atoms with Crippen LogP contribution in [0.4, 0.5) is 0 Å². The van der Waals surface area contributed by atoms with E-state index in [1.807, 2.05) is 6.92 Å². The summed E-state index contributed by atoms with van der Waals surface area (Å²) in [4.78, 5) is 0. The van der Waals surface area contributed by atoms with Crippen LogP contribution in [-0.4, -0.2) is 15.0 Å². The standard InChI is InChI=1S/C9H10Cl2O3S/c1-2-14-9-4-3-8(10)5-7(9)6-15(11,12)13/h3-5H,2,6H2,1H3. The molecule has 0 unspecified atom stereocenters. The molecule has 0 saturated heterocycles. The number of hydrogen-bond donors (Lipinski definition) is 0. The molecule has 3 nitrogen and oxygen atoms in total. The Morgan fingerprint density at radius 3 is 2.60 bits per heavy atom. The van der Waals surface area contributed by atoms with E-state index in [0.29, 0.717) is 22.9 Å². The lowest BCUT2D eigenvalue weighted by molar-refractivity contribution is 0.337. The number of benzene rings is 1. The van der Waals surface area contributed by atoms with Gasteiger partial charge >= 0.3 is 0 Å². The van der Waals surface area contributed by atoms with Gasteiger partial charge < -0.3 is 4.74 Å². The lowest BCUT2D eigenvalue weighted by Crippen LogP contribution is -2.00. The monoisotopic (exact) mass is 268 g/mol. The second kappa shape index (κ2) is 5.05. The highest BCUT2D eigenvalue weighted by Crippen LogP contribution is 2.25. The molecule has 0 N–H and O–H groups in total. The Morgan fingerprint density at radius 1 is 1.40 bits per heavy atom. The van der Waals surface area contributed by atoms with E-state index < -0.39 is 9.05 Å². The summed E-state index contributed by atoms with van der Waals surface area (Å²) in [5, 5.41) is 0.453. The second-order valence-electron chi connectivity index (χ2n) is 2.87. The minimum atomic E-state index is -3.60. The van der Waals surface area contributed by atoms with Crippen molar-refractivity contribution in [1.82, 2.24) is 0 Å². The van der Waals surface area contributed by atoms with Gasteiger partial charge in [-0.05, 0) is 25.1 Å². The van der Waals surface area contributed by atoms with Gasteiger partial charge in [-0.25, -0.2) is 8.42 Å². The van der Waals surface area contributed by atoms with Gasteiger partial charge in [0, 0.05) is 21.3 Å². The van der Waals surface area contributed by atoms with Crippen molar-refractivity contribution in [3.8, 4) is 5.75 Å². The van der Waals surface area contributed by atoms with E-state index in [1.165, 1.54) is 6.07 Å². The summed E-state index contributed by atoms with van der Waals surface area (Å²) in [6, 6.07) is 4.80. The van der Waals surface area contributed by atoms with Gasteiger partial charge in [0.15, 0.2) is 0 Å². The third-order valence-corrected chi connectivity index (χ3v) is 2.87. The van der Waals surface area contributed by atoms with Gasteiger partial charge in [0.25, 0.3) is 0 Å². The lowest BCUT2D eigenvalue weighted by Gasteiger charge is -2.08. The molecule has 0 aromatic heterocycles. The van der Waals surface area contributed by atoms with Crippen LogP contribution in [0.1, 0.15) is 12.5 Å². The smallest absolute Gasteiger partial charge is 0.236 e. The molecule has 0 radical (unpaired) electrons. The Hall–Kier alpha value is -0.450. The van der Waals surface area contributed by atoms with Crippen molar-refractivity contribution in [2.45, 2.75) is 12.7 Å². The Bertz CT molecular complexity index is 443. The van der Waals surface area contributed by atoms with Crippen molar-refractivity contribution in [3.63, 3.8) is 0 Å². The zero-order valence-electron chi connectivity index (χ0n) is 8.04. The number of halogens is 2. The van der Waals surface area contributed by atoms with Gasteiger partial charge in [0.1, 0.15) is 5.75 Å². The summed E-state index contributed by atoms with van der Waals surface area (Å²) in [5.41, 5.74) is 0.472. The first kappa shape index (κ1) is 12.6. The molecule has 0 fully saturated rings. The Kier molecular flexibility index (Phi) is 4.25. The molecule has 0 spiro atoms. The predicted molar refractivity (Wildman–Crippen MR) is 61.1 cm³/mol. The minimum Gasteiger partial charge on any atom is -0.494 e. The zero-order valence-corrected chi connectivity index (χ0v) is 10.4. The maximum atomic E-state index is 10.9. The first-order chi connectivity index (χ1) is 6.92. The average molecular weight is 269 g/mol. The van der Waals surface area contributed by atoms with E-state index >= 15 is 0 Å². The largest absolute Gasteiger partial charge is 0.494 e. The second-order valence-corrected chi connectivity index (χ2v) is 6.08. The van der Waals surface area contributed by atoms with Crippen molar-refractivity contribution >= 4 is 31.3 Å². The van der Waals surface area contributed by atoms with Crippen molar-refractivity contribution in [2.75, 3.05) is 6.61 Å². The van der Waals surface area contributed by atoms with E-state index in [9.17, 15) is 8.42 Å². The van der Waals surface area contributed by atoms with Crippen LogP contribution in [0.2, 0.25) is 5.02 Å². The zero-order chi connectivity index (χ0) is 11.5. The van der Waals surface area contributed by atoms with Crippen LogP contribution in [0, 0.1) is 0 Å². The van der Waals surface area contributed by atoms with Crippen molar-refractivity contribution in [3.05, 3.63) is 28.8 Å². The Morgan fingerprint density at radius 2 is 2.07 bits per heavy atom. The average Bonchev–Trinajstić information content (AvgIpc) is 2.07.